The number of carbonyl (C=O) groups excluding carboxylic acids is 1. The lowest BCUT2D eigenvalue weighted by molar-refractivity contribution is 0.0664. The van der Waals surface area contributed by atoms with Crippen LogP contribution in [0.1, 0.15) is 10.4 Å². The van der Waals surface area contributed by atoms with Crippen molar-refractivity contribution in [2.24, 2.45) is 0 Å². The monoisotopic (exact) mass is 427 g/mol. The van der Waals surface area contributed by atoms with E-state index in [2.05, 4.69) is 9.62 Å². The summed E-state index contributed by atoms with van der Waals surface area (Å²) in [5.74, 6) is -0.180. The third-order valence-corrected chi connectivity index (χ3v) is 6.28. The molecule has 2 aromatic rings. The number of carbonyl (C=O) groups is 1. The van der Waals surface area contributed by atoms with E-state index in [4.69, 9.17) is 23.2 Å². The molecule has 9 heteroatoms. The van der Waals surface area contributed by atoms with Gasteiger partial charge in [-0.25, -0.2) is 8.42 Å². The summed E-state index contributed by atoms with van der Waals surface area (Å²) in [5, 5.41) is 0.587. The van der Waals surface area contributed by atoms with Crippen LogP contribution in [0.15, 0.2) is 47.4 Å². The second-order valence-corrected chi connectivity index (χ2v) is 8.88. The first kappa shape index (κ1) is 19.9. The van der Waals surface area contributed by atoms with Gasteiger partial charge in [-0.15, -0.1) is 0 Å². The third kappa shape index (κ3) is 4.73. The van der Waals surface area contributed by atoms with Crippen molar-refractivity contribution in [1.82, 2.24) is 9.80 Å². The van der Waals surface area contributed by atoms with Crippen LogP contribution in [0.4, 0.5) is 5.69 Å². The standard InChI is InChI=1S/C18H19Cl2N3O3S/c1-22-7-9-23(10-8-22)18(24)13-3-2-4-15(11-13)27(25,26)21-17-12-14(19)5-6-16(17)20/h2-6,11-12,21H,7-10H2,1H3. The molecule has 1 aliphatic rings. The summed E-state index contributed by atoms with van der Waals surface area (Å²) in [4.78, 5) is 16.6. The molecule has 0 radical (unpaired) electrons. The SMILES string of the molecule is CN1CCN(C(=O)c2cccc(S(=O)(=O)Nc3cc(Cl)ccc3Cl)c2)CC1. The van der Waals surface area contributed by atoms with Gasteiger partial charge in [-0.3, -0.25) is 9.52 Å². The van der Waals surface area contributed by atoms with Crippen molar-refractivity contribution in [2.45, 2.75) is 4.90 Å². The quantitative estimate of drug-likeness (QED) is 0.812. The summed E-state index contributed by atoms with van der Waals surface area (Å²) in [6.07, 6.45) is 0. The van der Waals surface area contributed by atoms with E-state index in [-0.39, 0.29) is 21.5 Å². The lowest BCUT2D eigenvalue weighted by Gasteiger charge is -2.32. The summed E-state index contributed by atoms with van der Waals surface area (Å²) in [7, 11) is -1.92. The molecular formula is C18H19Cl2N3O3S. The smallest absolute Gasteiger partial charge is 0.261 e. The minimum Gasteiger partial charge on any atom is -0.336 e. The number of halogens is 2. The number of sulfonamides is 1. The summed E-state index contributed by atoms with van der Waals surface area (Å²) < 4.78 is 27.8. The van der Waals surface area contributed by atoms with Gasteiger partial charge in [-0.1, -0.05) is 29.3 Å². The average Bonchev–Trinajstić information content (AvgIpc) is 2.65. The van der Waals surface area contributed by atoms with Crippen molar-refractivity contribution >= 4 is 44.8 Å². The van der Waals surface area contributed by atoms with Crippen molar-refractivity contribution < 1.29 is 13.2 Å². The Balaban J connectivity index is 1.83. The van der Waals surface area contributed by atoms with Crippen molar-refractivity contribution in [3.8, 4) is 0 Å². The lowest BCUT2D eigenvalue weighted by Crippen LogP contribution is -2.47. The maximum Gasteiger partial charge on any atom is 0.261 e. The Morgan fingerprint density at radius 1 is 1.04 bits per heavy atom. The van der Waals surface area contributed by atoms with Gasteiger partial charge < -0.3 is 9.80 Å². The Hall–Kier alpha value is -1.80. The fraction of sp³-hybridized carbons (Fsp3) is 0.278. The van der Waals surface area contributed by atoms with Crippen LogP contribution in [0.2, 0.25) is 10.0 Å². The van der Waals surface area contributed by atoms with Crippen LogP contribution in [-0.4, -0.2) is 57.4 Å². The number of benzene rings is 2. The van der Waals surface area contributed by atoms with E-state index in [1.807, 2.05) is 7.05 Å². The molecule has 1 amide bonds. The molecule has 0 unspecified atom stereocenters. The fourth-order valence-corrected chi connectivity index (χ4v) is 4.28. The van der Waals surface area contributed by atoms with Gasteiger partial charge >= 0.3 is 0 Å². The van der Waals surface area contributed by atoms with Crippen molar-refractivity contribution in [1.29, 1.82) is 0 Å². The first-order valence-electron chi connectivity index (χ1n) is 8.32. The zero-order chi connectivity index (χ0) is 19.6. The Morgan fingerprint density at radius 2 is 1.74 bits per heavy atom. The molecule has 0 aliphatic carbocycles. The van der Waals surface area contributed by atoms with E-state index in [1.165, 1.54) is 24.3 Å². The first-order valence-corrected chi connectivity index (χ1v) is 10.6. The van der Waals surface area contributed by atoms with Gasteiger partial charge in [0.05, 0.1) is 15.6 Å². The predicted octanol–water partition coefficient (Wildman–Crippen LogP) is 3.18. The zero-order valence-electron chi connectivity index (χ0n) is 14.7. The van der Waals surface area contributed by atoms with Crippen LogP contribution in [0, 0.1) is 0 Å². The maximum absolute atomic E-state index is 12.7. The van der Waals surface area contributed by atoms with E-state index in [9.17, 15) is 13.2 Å². The molecule has 2 aromatic carbocycles. The predicted molar refractivity (Wildman–Crippen MR) is 107 cm³/mol. The molecule has 0 saturated carbocycles. The molecule has 27 heavy (non-hydrogen) atoms. The molecule has 0 spiro atoms. The highest BCUT2D eigenvalue weighted by molar-refractivity contribution is 7.92. The van der Waals surface area contributed by atoms with Crippen LogP contribution in [-0.2, 0) is 10.0 Å². The summed E-state index contributed by atoms with van der Waals surface area (Å²) in [6, 6.07) is 10.5. The Labute approximate surface area is 168 Å². The normalized spacial score (nSPS) is 15.6. The van der Waals surface area contributed by atoms with Crippen LogP contribution in [0.5, 0.6) is 0 Å². The van der Waals surface area contributed by atoms with Crippen molar-refractivity contribution in [2.75, 3.05) is 37.9 Å². The number of nitrogens with one attached hydrogen (secondary N) is 1. The first-order chi connectivity index (χ1) is 12.8. The maximum atomic E-state index is 12.7. The molecule has 1 aliphatic heterocycles. The molecule has 3 rings (SSSR count). The Kier molecular flexibility index (Phi) is 5.95. The zero-order valence-corrected chi connectivity index (χ0v) is 17.0. The van der Waals surface area contributed by atoms with Crippen LogP contribution >= 0.6 is 23.2 Å². The number of hydrogen-bond donors (Lipinski definition) is 1. The molecule has 1 fully saturated rings. The van der Waals surface area contributed by atoms with Crippen LogP contribution in [0.3, 0.4) is 0 Å². The minimum absolute atomic E-state index is 0.0153. The molecule has 0 bridgehead atoms. The van der Waals surface area contributed by atoms with Crippen LogP contribution < -0.4 is 4.72 Å². The number of hydrogen-bond acceptors (Lipinski definition) is 4. The van der Waals surface area contributed by atoms with E-state index in [0.717, 1.165) is 13.1 Å². The van der Waals surface area contributed by atoms with Gasteiger partial charge in [-0.05, 0) is 43.4 Å². The van der Waals surface area contributed by atoms with Gasteiger partial charge in [0, 0.05) is 36.8 Å². The number of anilines is 1. The molecule has 144 valence electrons. The Bertz CT molecular complexity index is 958. The number of piperazine rings is 1. The third-order valence-electron chi connectivity index (χ3n) is 4.35. The number of amides is 1. The summed E-state index contributed by atoms with van der Waals surface area (Å²) >= 11 is 11.9. The summed E-state index contributed by atoms with van der Waals surface area (Å²) in [6.45, 7) is 2.81. The van der Waals surface area contributed by atoms with E-state index < -0.39 is 10.0 Å². The fourth-order valence-electron chi connectivity index (χ4n) is 2.77. The summed E-state index contributed by atoms with van der Waals surface area (Å²) in [5.41, 5.74) is 0.514. The topological polar surface area (TPSA) is 69.7 Å². The Morgan fingerprint density at radius 3 is 2.44 bits per heavy atom. The minimum atomic E-state index is -3.92. The lowest BCUT2D eigenvalue weighted by atomic mass is 10.2. The highest BCUT2D eigenvalue weighted by atomic mass is 35.5. The van der Waals surface area contributed by atoms with E-state index in [1.54, 1.807) is 23.1 Å². The molecule has 0 atom stereocenters. The average molecular weight is 428 g/mol. The molecule has 6 nitrogen and oxygen atoms in total. The molecular weight excluding hydrogens is 409 g/mol. The number of likely N-dealkylation sites (N-methyl/N-ethyl adjacent to an activating group) is 1. The highest BCUT2D eigenvalue weighted by Gasteiger charge is 2.23. The molecule has 1 heterocycles. The van der Waals surface area contributed by atoms with Gasteiger partial charge in [0.2, 0.25) is 0 Å². The van der Waals surface area contributed by atoms with Crippen LogP contribution in [0.25, 0.3) is 0 Å². The van der Waals surface area contributed by atoms with Gasteiger partial charge in [-0.2, -0.15) is 0 Å². The van der Waals surface area contributed by atoms with Gasteiger partial charge in [0.1, 0.15) is 0 Å². The van der Waals surface area contributed by atoms with Crippen molar-refractivity contribution in [3.05, 3.63) is 58.1 Å². The second kappa shape index (κ2) is 8.06. The largest absolute Gasteiger partial charge is 0.336 e. The van der Waals surface area contributed by atoms with Gasteiger partial charge in [0.25, 0.3) is 15.9 Å². The van der Waals surface area contributed by atoms with E-state index >= 15 is 0 Å². The number of nitrogens with zero attached hydrogens (tertiary/aromatic N) is 2. The second-order valence-electron chi connectivity index (χ2n) is 6.35. The van der Waals surface area contributed by atoms with Crippen molar-refractivity contribution in [3.63, 3.8) is 0 Å². The molecule has 1 saturated heterocycles. The molecule has 0 aromatic heterocycles. The highest BCUT2D eigenvalue weighted by Crippen LogP contribution is 2.28. The van der Waals surface area contributed by atoms with Gasteiger partial charge in [0.15, 0.2) is 0 Å². The van der Waals surface area contributed by atoms with E-state index in [0.29, 0.717) is 23.7 Å². The number of rotatable bonds is 4. The molecule has 1 N–H and O–H groups in total.